The summed E-state index contributed by atoms with van der Waals surface area (Å²) in [6, 6.07) is 6.32. The first-order valence-electron chi connectivity index (χ1n) is 4.85. The number of hydrogen-bond acceptors (Lipinski definition) is 1. The Morgan fingerprint density at radius 1 is 1.29 bits per heavy atom. The topological polar surface area (TPSA) is 9.23 Å². The highest BCUT2D eigenvalue weighted by Crippen LogP contribution is 2.32. The largest absolute Gasteiger partial charge is 0.496 e. The summed E-state index contributed by atoms with van der Waals surface area (Å²) in [7, 11) is 1.70. The van der Waals surface area contributed by atoms with Gasteiger partial charge in [0.1, 0.15) is 5.75 Å². The van der Waals surface area contributed by atoms with Gasteiger partial charge in [0.25, 0.3) is 0 Å². The molecule has 0 saturated carbocycles. The zero-order valence-electron chi connectivity index (χ0n) is 9.17. The summed E-state index contributed by atoms with van der Waals surface area (Å²) in [6.07, 6.45) is 0. The molecule has 1 unspecified atom stereocenters. The van der Waals surface area contributed by atoms with Crippen LogP contribution in [0.3, 0.4) is 0 Å². The molecule has 2 heteroatoms. The normalized spacial score (nSPS) is 13.0. The molecule has 0 saturated heterocycles. The minimum absolute atomic E-state index is 0.423. The SMILES string of the molecule is COc1ccc(C(Br)C(C)C)cc1C. The van der Waals surface area contributed by atoms with Gasteiger partial charge in [-0.05, 0) is 30.0 Å². The maximum Gasteiger partial charge on any atom is 0.121 e. The molecule has 0 aliphatic rings. The van der Waals surface area contributed by atoms with Crippen molar-refractivity contribution in [1.29, 1.82) is 0 Å². The maximum absolute atomic E-state index is 5.22. The molecule has 0 bridgehead atoms. The van der Waals surface area contributed by atoms with Crippen molar-refractivity contribution in [3.8, 4) is 5.75 Å². The fourth-order valence-electron chi connectivity index (χ4n) is 1.46. The minimum Gasteiger partial charge on any atom is -0.496 e. The van der Waals surface area contributed by atoms with Gasteiger partial charge < -0.3 is 4.74 Å². The molecule has 0 aliphatic heterocycles. The number of benzene rings is 1. The van der Waals surface area contributed by atoms with E-state index in [0.717, 1.165) is 5.75 Å². The van der Waals surface area contributed by atoms with E-state index >= 15 is 0 Å². The van der Waals surface area contributed by atoms with Crippen LogP contribution in [-0.4, -0.2) is 7.11 Å². The Morgan fingerprint density at radius 3 is 2.36 bits per heavy atom. The maximum atomic E-state index is 5.22. The Labute approximate surface area is 94.6 Å². The fraction of sp³-hybridized carbons (Fsp3) is 0.500. The van der Waals surface area contributed by atoms with E-state index in [-0.39, 0.29) is 0 Å². The van der Waals surface area contributed by atoms with Crippen LogP contribution >= 0.6 is 15.9 Å². The minimum atomic E-state index is 0.423. The second-order valence-electron chi connectivity index (χ2n) is 3.87. The number of alkyl halides is 1. The Hall–Kier alpha value is -0.500. The van der Waals surface area contributed by atoms with E-state index in [1.54, 1.807) is 7.11 Å². The number of aryl methyl sites for hydroxylation is 1. The molecule has 0 N–H and O–H groups in total. The third-order valence-electron chi connectivity index (χ3n) is 2.32. The summed E-state index contributed by atoms with van der Waals surface area (Å²) in [5.41, 5.74) is 2.51. The molecule has 0 aromatic heterocycles. The van der Waals surface area contributed by atoms with Crippen molar-refractivity contribution in [1.82, 2.24) is 0 Å². The summed E-state index contributed by atoms with van der Waals surface area (Å²) in [6.45, 7) is 6.49. The van der Waals surface area contributed by atoms with E-state index in [1.165, 1.54) is 11.1 Å². The highest BCUT2D eigenvalue weighted by atomic mass is 79.9. The molecular formula is C12H17BrO. The number of rotatable bonds is 3. The van der Waals surface area contributed by atoms with Gasteiger partial charge >= 0.3 is 0 Å². The van der Waals surface area contributed by atoms with Crippen LogP contribution in [0.2, 0.25) is 0 Å². The lowest BCUT2D eigenvalue weighted by molar-refractivity contribution is 0.411. The number of hydrogen-bond donors (Lipinski definition) is 0. The Bertz CT molecular complexity index is 307. The van der Waals surface area contributed by atoms with Crippen LogP contribution in [0.4, 0.5) is 0 Å². The van der Waals surface area contributed by atoms with Crippen molar-refractivity contribution >= 4 is 15.9 Å². The van der Waals surface area contributed by atoms with Crippen LogP contribution in [0.5, 0.6) is 5.75 Å². The van der Waals surface area contributed by atoms with E-state index in [0.29, 0.717) is 10.7 Å². The molecular weight excluding hydrogens is 240 g/mol. The summed E-state index contributed by atoms with van der Waals surface area (Å²) >= 11 is 3.69. The van der Waals surface area contributed by atoms with Gasteiger partial charge in [-0.1, -0.05) is 41.9 Å². The van der Waals surface area contributed by atoms with E-state index in [2.05, 4.69) is 48.8 Å². The predicted octanol–water partition coefficient (Wildman–Crippen LogP) is 4.10. The van der Waals surface area contributed by atoms with E-state index in [1.807, 2.05) is 6.07 Å². The summed E-state index contributed by atoms with van der Waals surface area (Å²) in [5, 5.41) is 0. The van der Waals surface area contributed by atoms with E-state index < -0.39 is 0 Å². The molecule has 14 heavy (non-hydrogen) atoms. The Kier molecular flexibility index (Phi) is 3.99. The number of ether oxygens (including phenoxy) is 1. The van der Waals surface area contributed by atoms with Gasteiger partial charge in [-0.25, -0.2) is 0 Å². The molecule has 1 aromatic rings. The molecule has 1 nitrogen and oxygen atoms in total. The first-order valence-corrected chi connectivity index (χ1v) is 5.76. The molecule has 1 aromatic carbocycles. The number of halogens is 1. The summed E-state index contributed by atoms with van der Waals surface area (Å²) in [4.78, 5) is 0.423. The van der Waals surface area contributed by atoms with Crippen molar-refractivity contribution in [2.45, 2.75) is 25.6 Å². The molecule has 0 heterocycles. The molecule has 0 radical (unpaired) electrons. The van der Waals surface area contributed by atoms with Crippen molar-refractivity contribution < 1.29 is 4.74 Å². The van der Waals surface area contributed by atoms with Gasteiger partial charge in [-0.15, -0.1) is 0 Å². The van der Waals surface area contributed by atoms with Crippen molar-refractivity contribution in [2.24, 2.45) is 5.92 Å². The average molecular weight is 257 g/mol. The Balaban J connectivity index is 2.96. The lowest BCUT2D eigenvalue weighted by Gasteiger charge is -2.15. The van der Waals surface area contributed by atoms with Crippen LogP contribution < -0.4 is 4.74 Å². The molecule has 0 amide bonds. The first kappa shape index (κ1) is 11.6. The highest BCUT2D eigenvalue weighted by molar-refractivity contribution is 9.09. The number of methoxy groups -OCH3 is 1. The van der Waals surface area contributed by atoms with E-state index in [9.17, 15) is 0 Å². The zero-order valence-corrected chi connectivity index (χ0v) is 10.8. The lowest BCUT2D eigenvalue weighted by atomic mass is 10.0. The average Bonchev–Trinajstić information content (AvgIpc) is 2.16. The van der Waals surface area contributed by atoms with Gasteiger partial charge in [-0.2, -0.15) is 0 Å². The van der Waals surface area contributed by atoms with Crippen LogP contribution in [0, 0.1) is 12.8 Å². The molecule has 0 spiro atoms. The van der Waals surface area contributed by atoms with Crippen molar-refractivity contribution in [3.63, 3.8) is 0 Å². The molecule has 1 atom stereocenters. The smallest absolute Gasteiger partial charge is 0.121 e. The zero-order chi connectivity index (χ0) is 10.7. The highest BCUT2D eigenvalue weighted by Gasteiger charge is 2.12. The van der Waals surface area contributed by atoms with Crippen LogP contribution in [0.1, 0.15) is 29.8 Å². The molecule has 0 aliphatic carbocycles. The Morgan fingerprint density at radius 2 is 1.93 bits per heavy atom. The molecule has 0 fully saturated rings. The van der Waals surface area contributed by atoms with Crippen LogP contribution in [0.15, 0.2) is 18.2 Å². The van der Waals surface area contributed by atoms with Crippen LogP contribution in [0.25, 0.3) is 0 Å². The summed E-state index contributed by atoms with van der Waals surface area (Å²) in [5.74, 6) is 1.56. The van der Waals surface area contributed by atoms with E-state index in [4.69, 9.17) is 4.74 Å². The van der Waals surface area contributed by atoms with Crippen LogP contribution in [-0.2, 0) is 0 Å². The second kappa shape index (κ2) is 4.83. The second-order valence-corrected chi connectivity index (χ2v) is 4.86. The van der Waals surface area contributed by atoms with Gasteiger partial charge in [-0.3, -0.25) is 0 Å². The monoisotopic (exact) mass is 256 g/mol. The summed E-state index contributed by atoms with van der Waals surface area (Å²) < 4.78 is 5.22. The quantitative estimate of drug-likeness (QED) is 0.741. The third-order valence-corrected chi connectivity index (χ3v) is 3.91. The van der Waals surface area contributed by atoms with Crippen molar-refractivity contribution in [3.05, 3.63) is 29.3 Å². The van der Waals surface area contributed by atoms with Gasteiger partial charge in [0, 0.05) is 4.83 Å². The van der Waals surface area contributed by atoms with Gasteiger partial charge in [0.15, 0.2) is 0 Å². The predicted molar refractivity (Wildman–Crippen MR) is 64.2 cm³/mol. The molecule has 1 rings (SSSR count). The lowest BCUT2D eigenvalue weighted by Crippen LogP contribution is -1.99. The standard InChI is InChI=1S/C12H17BrO/c1-8(2)12(13)10-5-6-11(14-4)9(3)7-10/h5-8,12H,1-4H3. The van der Waals surface area contributed by atoms with Gasteiger partial charge in [0.05, 0.1) is 7.11 Å². The first-order chi connectivity index (χ1) is 6.56. The molecule has 78 valence electrons. The van der Waals surface area contributed by atoms with Gasteiger partial charge in [0.2, 0.25) is 0 Å². The third kappa shape index (κ3) is 2.50. The van der Waals surface area contributed by atoms with Crippen molar-refractivity contribution in [2.75, 3.05) is 7.11 Å². The fourth-order valence-corrected chi connectivity index (χ4v) is 1.74.